The Bertz CT molecular complexity index is 908. The zero-order valence-electron chi connectivity index (χ0n) is 18.0. The van der Waals surface area contributed by atoms with Gasteiger partial charge in [0.1, 0.15) is 11.4 Å². The molecule has 3 amide bonds. The highest BCUT2D eigenvalue weighted by molar-refractivity contribution is 5.92. The molecule has 0 fully saturated rings. The van der Waals surface area contributed by atoms with Crippen molar-refractivity contribution in [1.29, 1.82) is 0 Å². The SMILES string of the molecule is CC(C)(C)OC(=O)NCCC(=O)NCc1ccc(NC(=O)Cc2cccc(F)c2)cc1. The van der Waals surface area contributed by atoms with Gasteiger partial charge >= 0.3 is 6.09 Å². The van der Waals surface area contributed by atoms with Crippen molar-refractivity contribution in [1.82, 2.24) is 10.6 Å². The van der Waals surface area contributed by atoms with Crippen LogP contribution in [0.2, 0.25) is 0 Å². The highest BCUT2D eigenvalue weighted by Crippen LogP contribution is 2.11. The predicted octanol–water partition coefficient (Wildman–Crippen LogP) is 3.54. The Balaban J connectivity index is 1.70. The molecule has 0 saturated carbocycles. The van der Waals surface area contributed by atoms with Gasteiger partial charge in [-0.3, -0.25) is 9.59 Å². The molecule has 0 aromatic heterocycles. The summed E-state index contributed by atoms with van der Waals surface area (Å²) in [5.41, 5.74) is 1.48. The van der Waals surface area contributed by atoms with Crippen LogP contribution in [0.5, 0.6) is 0 Å². The van der Waals surface area contributed by atoms with Crippen molar-refractivity contribution in [2.45, 2.75) is 45.8 Å². The molecule has 2 aromatic carbocycles. The van der Waals surface area contributed by atoms with Crippen molar-refractivity contribution in [3.63, 3.8) is 0 Å². The molecule has 31 heavy (non-hydrogen) atoms. The smallest absolute Gasteiger partial charge is 0.407 e. The number of rotatable bonds is 8. The summed E-state index contributed by atoms with van der Waals surface area (Å²) in [6.45, 7) is 5.79. The van der Waals surface area contributed by atoms with E-state index in [-0.39, 0.29) is 37.0 Å². The van der Waals surface area contributed by atoms with Crippen molar-refractivity contribution >= 4 is 23.6 Å². The summed E-state index contributed by atoms with van der Waals surface area (Å²) in [6, 6.07) is 13.0. The fourth-order valence-electron chi connectivity index (χ4n) is 2.62. The number of anilines is 1. The number of ether oxygens (including phenoxy) is 1. The van der Waals surface area contributed by atoms with Crippen molar-refractivity contribution < 1.29 is 23.5 Å². The Morgan fingerprint density at radius 3 is 2.29 bits per heavy atom. The minimum atomic E-state index is -0.586. The van der Waals surface area contributed by atoms with Gasteiger partial charge in [0.05, 0.1) is 6.42 Å². The Morgan fingerprint density at radius 2 is 1.65 bits per heavy atom. The lowest BCUT2D eigenvalue weighted by molar-refractivity contribution is -0.121. The van der Waals surface area contributed by atoms with Gasteiger partial charge in [0.15, 0.2) is 0 Å². The van der Waals surface area contributed by atoms with E-state index in [1.165, 1.54) is 12.1 Å². The average Bonchev–Trinajstić information content (AvgIpc) is 2.66. The number of carbonyl (C=O) groups excluding carboxylic acids is 3. The largest absolute Gasteiger partial charge is 0.444 e. The van der Waals surface area contributed by atoms with Gasteiger partial charge in [0, 0.05) is 25.2 Å². The second-order valence-corrected chi connectivity index (χ2v) is 8.01. The average molecular weight is 429 g/mol. The lowest BCUT2D eigenvalue weighted by Crippen LogP contribution is -2.35. The van der Waals surface area contributed by atoms with Crippen molar-refractivity contribution in [2.75, 3.05) is 11.9 Å². The van der Waals surface area contributed by atoms with Gasteiger partial charge in [-0.25, -0.2) is 9.18 Å². The van der Waals surface area contributed by atoms with Crippen LogP contribution in [0.15, 0.2) is 48.5 Å². The van der Waals surface area contributed by atoms with Crippen LogP contribution in [0, 0.1) is 5.82 Å². The molecule has 0 aliphatic rings. The van der Waals surface area contributed by atoms with Gasteiger partial charge in [-0.05, 0) is 56.2 Å². The van der Waals surface area contributed by atoms with E-state index in [0.717, 1.165) is 5.56 Å². The van der Waals surface area contributed by atoms with E-state index in [9.17, 15) is 18.8 Å². The van der Waals surface area contributed by atoms with Crippen LogP contribution in [-0.2, 0) is 27.3 Å². The first kappa shape index (κ1) is 23.9. The highest BCUT2D eigenvalue weighted by atomic mass is 19.1. The van der Waals surface area contributed by atoms with Gasteiger partial charge in [0.25, 0.3) is 0 Å². The first-order chi connectivity index (χ1) is 14.6. The van der Waals surface area contributed by atoms with Crippen LogP contribution in [0.1, 0.15) is 38.3 Å². The summed E-state index contributed by atoms with van der Waals surface area (Å²) in [5.74, 6) is -0.829. The first-order valence-electron chi connectivity index (χ1n) is 9.97. The van der Waals surface area contributed by atoms with Crippen LogP contribution in [0.4, 0.5) is 14.9 Å². The second kappa shape index (κ2) is 11.1. The number of amides is 3. The topological polar surface area (TPSA) is 96.5 Å². The summed E-state index contributed by atoms with van der Waals surface area (Å²) in [5, 5.41) is 8.05. The zero-order chi connectivity index (χ0) is 22.9. The molecule has 0 spiro atoms. The zero-order valence-corrected chi connectivity index (χ0v) is 18.0. The van der Waals surface area contributed by atoms with Gasteiger partial charge < -0.3 is 20.7 Å². The van der Waals surface area contributed by atoms with Crippen LogP contribution in [-0.4, -0.2) is 30.1 Å². The Kier molecular flexibility index (Phi) is 8.54. The molecule has 7 nitrogen and oxygen atoms in total. The van der Waals surface area contributed by atoms with E-state index in [1.807, 2.05) is 0 Å². The third-order valence-corrected chi connectivity index (χ3v) is 4.00. The minimum Gasteiger partial charge on any atom is -0.444 e. The number of carbonyl (C=O) groups is 3. The quantitative estimate of drug-likeness (QED) is 0.598. The molecule has 0 bridgehead atoms. The number of hydrogen-bond acceptors (Lipinski definition) is 4. The number of halogens is 1. The Morgan fingerprint density at radius 1 is 0.935 bits per heavy atom. The third kappa shape index (κ3) is 9.75. The van der Waals surface area contributed by atoms with Crippen LogP contribution in [0.3, 0.4) is 0 Å². The summed E-state index contributed by atoms with van der Waals surface area (Å²) < 4.78 is 18.3. The maximum absolute atomic E-state index is 13.2. The predicted molar refractivity (Wildman–Crippen MR) is 116 cm³/mol. The lowest BCUT2D eigenvalue weighted by atomic mass is 10.1. The molecule has 0 saturated heterocycles. The van der Waals surface area contributed by atoms with E-state index < -0.39 is 11.7 Å². The Labute approximate surface area is 181 Å². The molecule has 2 rings (SSSR count). The summed E-state index contributed by atoms with van der Waals surface area (Å²) >= 11 is 0. The summed E-state index contributed by atoms with van der Waals surface area (Å²) in [7, 11) is 0. The molecule has 0 unspecified atom stereocenters. The fraction of sp³-hybridized carbons (Fsp3) is 0.348. The van der Waals surface area contributed by atoms with Crippen molar-refractivity contribution in [2.24, 2.45) is 0 Å². The standard InChI is InChI=1S/C23H28FN3O4/c1-23(2,3)31-22(30)25-12-11-20(28)26-15-16-7-9-19(10-8-16)27-21(29)14-17-5-4-6-18(24)13-17/h4-10,13H,11-12,14-15H2,1-3H3,(H,25,30)(H,26,28)(H,27,29). The molecule has 8 heteroatoms. The van der Waals surface area contributed by atoms with Crippen molar-refractivity contribution in [3.05, 3.63) is 65.5 Å². The molecular weight excluding hydrogens is 401 g/mol. The van der Waals surface area contributed by atoms with E-state index in [0.29, 0.717) is 17.8 Å². The lowest BCUT2D eigenvalue weighted by Gasteiger charge is -2.19. The number of alkyl carbamates (subject to hydrolysis) is 1. The maximum Gasteiger partial charge on any atom is 0.407 e. The van der Waals surface area contributed by atoms with Crippen molar-refractivity contribution in [3.8, 4) is 0 Å². The Hall–Kier alpha value is -3.42. The molecular formula is C23H28FN3O4. The normalized spacial score (nSPS) is 10.8. The van der Waals surface area contributed by atoms with Crippen LogP contribution < -0.4 is 16.0 Å². The molecule has 2 aromatic rings. The molecule has 0 radical (unpaired) electrons. The second-order valence-electron chi connectivity index (χ2n) is 8.01. The molecule has 3 N–H and O–H groups in total. The number of hydrogen-bond donors (Lipinski definition) is 3. The number of nitrogens with one attached hydrogen (secondary N) is 3. The van der Waals surface area contributed by atoms with Crippen LogP contribution in [0.25, 0.3) is 0 Å². The summed E-state index contributed by atoms with van der Waals surface area (Å²) in [6.07, 6.45) is -0.351. The fourth-order valence-corrected chi connectivity index (χ4v) is 2.62. The summed E-state index contributed by atoms with van der Waals surface area (Å²) in [4.78, 5) is 35.5. The van der Waals surface area contributed by atoms with E-state index in [1.54, 1.807) is 57.2 Å². The molecule has 166 valence electrons. The van der Waals surface area contributed by atoms with Crippen LogP contribution >= 0.6 is 0 Å². The molecule has 0 aliphatic carbocycles. The van der Waals surface area contributed by atoms with Gasteiger partial charge in [-0.1, -0.05) is 24.3 Å². The first-order valence-corrected chi connectivity index (χ1v) is 9.97. The van der Waals surface area contributed by atoms with Gasteiger partial charge in [-0.2, -0.15) is 0 Å². The third-order valence-electron chi connectivity index (χ3n) is 4.00. The van der Waals surface area contributed by atoms with E-state index >= 15 is 0 Å². The highest BCUT2D eigenvalue weighted by Gasteiger charge is 2.15. The molecule has 0 atom stereocenters. The van der Waals surface area contributed by atoms with E-state index in [2.05, 4.69) is 16.0 Å². The minimum absolute atomic E-state index is 0.0763. The monoisotopic (exact) mass is 429 g/mol. The van der Waals surface area contributed by atoms with E-state index in [4.69, 9.17) is 4.74 Å². The number of benzene rings is 2. The van der Waals surface area contributed by atoms with Gasteiger partial charge in [0.2, 0.25) is 11.8 Å². The molecule has 0 aliphatic heterocycles. The van der Waals surface area contributed by atoms with Gasteiger partial charge in [-0.15, -0.1) is 0 Å². The maximum atomic E-state index is 13.2. The molecule has 0 heterocycles.